The Morgan fingerprint density at radius 3 is 2.85 bits per heavy atom. The van der Waals surface area contributed by atoms with Crippen molar-refractivity contribution in [2.75, 3.05) is 0 Å². The Bertz CT molecular complexity index is 284. The Morgan fingerprint density at radius 1 is 1.54 bits per heavy atom. The third-order valence-electron chi connectivity index (χ3n) is 1.95. The van der Waals surface area contributed by atoms with Gasteiger partial charge in [0.25, 0.3) is 0 Å². The Kier molecular flexibility index (Phi) is 2.53. The summed E-state index contributed by atoms with van der Waals surface area (Å²) in [6, 6.07) is 4.19. The van der Waals surface area contributed by atoms with Crippen LogP contribution in [0.15, 0.2) is 23.2 Å². The molecular weight excluding hydrogens is 184 g/mol. The van der Waals surface area contributed by atoms with E-state index >= 15 is 0 Å². The standard InChI is InChI=1S/C9H12N2OS/c1-7-2-5-9(6-10-7)13(12)11-8-3-4-8/h2,5-6,8,11H,3-4H2,1H3. The van der Waals surface area contributed by atoms with E-state index in [1.54, 1.807) is 6.20 Å². The molecule has 1 saturated carbocycles. The maximum atomic E-state index is 11.6. The topological polar surface area (TPSA) is 48.0 Å². The average Bonchev–Trinajstić information content (AvgIpc) is 2.89. The summed E-state index contributed by atoms with van der Waals surface area (Å²) in [7, 11) is 0. The van der Waals surface area contributed by atoms with Crippen LogP contribution in [0.3, 0.4) is 0 Å². The number of nitrogens with one attached hydrogen (secondary N) is 1. The van der Waals surface area contributed by atoms with Gasteiger partial charge in [-0.2, -0.15) is 0 Å². The normalized spacial score (nSPS) is 18.6. The molecule has 1 unspecified atom stereocenters. The molecule has 1 fully saturated rings. The quantitative estimate of drug-likeness (QED) is 0.738. The Balaban J connectivity index is 2.01. The molecule has 0 amide bonds. The highest BCUT2D eigenvalue weighted by Crippen LogP contribution is 2.21. The first-order valence-corrected chi connectivity index (χ1v) is 5.51. The van der Waals surface area contributed by atoms with Crippen LogP contribution < -0.4 is 4.72 Å². The molecule has 0 radical (unpaired) electrons. The van der Waals surface area contributed by atoms with Crippen molar-refractivity contribution < 1.29 is 4.55 Å². The molecule has 1 aromatic rings. The SMILES string of the molecule is Cc1ccc([S+]([O-])NC2CC2)cn1. The Morgan fingerprint density at radius 2 is 2.31 bits per heavy atom. The second kappa shape index (κ2) is 3.65. The van der Waals surface area contributed by atoms with Gasteiger partial charge in [0.15, 0.2) is 4.90 Å². The summed E-state index contributed by atoms with van der Waals surface area (Å²) in [5, 5.41) is 0. The third-order valence-corrected chi connectivity index (χ3v) is 3.17. The number of rotatable bonds is 3. The maximum absolute atomic E-state index is 11.6. The number of hydrogen-bond acceptors (Lipinski definition) is 3. The van der Waals surface area contributed by atoms with Crippen molar-refractivity contribution in [3.05, 3.63) is 24.0 Å². The molecule has 13 heavy (non-hydrogen) atoms. The molecule has 1 aromatic heterocycles. The van der Waals surface area contributed by atoms with Crippen LogP contribution in [0.5, 0.6) is 0 Å². The van der Waals surface area contributed by atoms with Gasteiger partial charge in [0, 0.05) is 5.69 Å². The van der Waals surface area contributed by atoms with Crippen LogP contribution in [-0.2, 0) is 11.4 Å². The molecule has 0 aliphatic heterocycles. The molecule has 0 saturated heterocycles. The van der Waals surface area contributed by atoms with Gasteiger partial charge >= 0.3 is 0 Å². The summed E-state index contributed by atoms with van der Waals surface area (Å²) in [6.07, 6.45) is 3.96. The predicted molar refractivity (Wildman–Crippen MR) is 51.5 cm³/mol. The zero-order valence-electron chi connectivity index (χ0n) is 7.49. The second-order valence-electron chi connectivity index (χ2n) is 3.30. The Labute approximate surface area is 80.9 Å². The first kappa shape index (κ1) is 8.99. The molecule has 0 aromatic carbocycles. The minimum atomic E-state index is -1.07. The van der Waals surface area contributed by atoms with E-state index in [9.17, 15) is 4.55 Å². The van der Waals surface area contributed by atoms with Crippen molar-refractivity contribution in [1.29, 1.82) is 0 Å². The van der Waals surface area contributed by atoms with E-state index in [1.165, 1.54) is 0 Å². The molecule has 1 N–H and O–H groups in total. The second-order valence-corrected chi connectivity index (χ2v) is 4.54. The molecule has 0 spiro atoms. The van der Waals surface area contributed by atoms with Crippen LogP contribution in [0, 0.1) is 6.92 Å². The fraction of sp³-hybridized carbons (Fsp3) is 0.444. The lowest BCUT2D eigenvalue weighted by Gasteiger charge is -2.08. The van der Waals surface area contributed by atoms with Gasteiger partial charge in [-0.25, -0.2) is 0 Å². The van der Waals surface area contributed by atoms with Crippen LogP contribution in [0.4, 0.5) is 0 Å². The van der Waals surface area contributed by atoms with Crippen LogP contribution in [0.25, 0.3) is 0 Å². The van der Waals surface area contributed by atoms with Gasteiger partial charge in [0.05, 0.1) is 23.6 Å². The summed E-state index contributed by atoms with van der Waals surface area (Å²) < 4.78 is 14.6. The van der Waals surface area contributed by atoms with Crippen LogP contribution in [0.2, 0.25) is 0 Å². The highest BCUT2D eigenvalue weighted by atomic mass is 32.2. The minimum Gasteiger partial charge on any atom is -0.593 e. The third kappa shape index (κ3) is 2.43. The number of aryl methyl sites for hydroxylation is 1. The van der Waals surface area contributed by atoms with Gasteiger partial charge in [0.2, 0.25) is 0 Å². The average molecular weight is 196 g/mol. The predicted octanol–water partition coefficient (Wildman–Crippen LogP) is 1.16. The summed E-state index contributed by atoms with van der Waals surface area (Å²) in [4.78, 5) is 4.86. The van der Waals surface area contributed by atoms with E-state index in [-0.39, 0.29) is 0 Å². The van der Waals surface area contributed by atoms with Crippen molar-refractivity contribution in [3.63, 3.8) is 0 Å². The molecule has 2 rings (SSSR count). The van der Waals surface area contributed by atoms with Crippen molar-refractivity contribution in [1.82, 2.24) is 9.71 Å². The molecule has 1 aliphatic carbocycles. The maximum Gasteiger partial charge on any atom is 0.192 e. The van der Waals surface area contributed by atoms with Gasteiger partial charge in [-0.05, 0) is 31.9 Å². The zero-order chi connectivity index (χ0) is 9.26. The number of hydrogen-bond donors (Lipinski definition) is 1. The number of pyridine rings is 1. The lowest BCUT2D eigenvalue weighted by atomic mass is 10.4. The van der Waals surface area contributed by atoms with Crippen molar-refractivity contribution >= 4 is 11.4 Å². The summed E-state index contributed by atoms with van der Waals surface area (Å²) in [5.74, 6) is 0. The van der Waals surface area contributed by atoms with Crippen LogP contribution >= 0.6 is 0 Å². The van der Waals surface area contributed by atoms with Crippen molar-refractivity contribution in [2.24, 2.45) is 0 Å². The van der Waals surface area contributed by atoms with E-state index in [1.807, 2.05) is 19.1 Å². The molecule has 0 bridgehead atoms. The first-order chi connectivity index (χ1) is 6.25. The molecule has 1 atom stereocenters. The molecular formula is C9H12N2OS. The monoisotopic (exact) mass is 196 g/mol. The minimum absolute atomic E-state index is 0.460. The van der Waals surface area contributed by atoms with Crippen molar-refractivity contribution in [2.45, 2.75) is 30.7 Å². The van der Waals surface area contributed by atoms with Gasteiger partial charge < -0.3 is 4.55 Å². The van der Waals surface area contributed by atoms with E-state index in [0.29, 0.717) is 6.04 Å². The first-order valence-electron chi connectivity index (χ1n) is 4.36. The highest BCUT2D eigenvalue weighted by Gasteiger charge is 2.27. The number of aromatic nitrogens is 1. The van der Waals surface area contributed by atoms with Gasteiger partial charge in [0.1, 0.15) is 0 Å². The molecule has 1 aliphatic rings. The van der Waals surface area contributed by atoms with E-state index in [2.05, 4.69) is 9.71 Å². The van der Waals surface area contributed by atoms with Gasteiger partial charge in [-0.1, -0.05) is 0 Å². The van der Waals surface area contributed by atoms with E-state index in [0.717, 1.165) is 23.4 Å². The van der Waals surface area contributed by atoms with Crippen molar-refractivity contribution in [3.8, 4) is 0 Å². The Hall–Kier alpha value is -0.580. The largest absolute Gasteiger partial charge is 0.593 e. The van der Waals surface area contributed by atoms with E-state index in [4.69, 9.17) is 0 Å². The fourth-order valence-corrected chi connectivity index (χ4v) is 2.00. The smallest absolute Gasteiger partial charge is 0.192 e. The van der Waals surface area contributed by atoms with Crippen LogP contribution in [0.1, 0.15) is 18.5 Å². The molecule has 4 heteroatoms. The molecule has 70 valence electrons. The van der Waals surface area contributed by atoms with Gasteiger partial charge in [-0.15, -0.1) is 4.72 Å². The lowest BCUT2D eigenvalue weighted by Crippen LogP contribution is -2.25. The molecule has 1 heterocycles. The summed E-state index contributed by atoms with van der Waals surface area (Å²) >= 11 is -1.07. The lowest BCUT2D eigenvalue weighted by molar-refractivity contribution is 0.579. The zero-order valence-corrected chi connectivity index (χ0v) is 8.30. The number of nitrogens with zero attached hydrogens (tertiary/aromatic N) is 1. The summed E-state index contributed by atoms with van der Waals surface area (Å²) in [6.45, 7) is 1.92. The van der Waals surface area contributed by atoms with Gasteiger partial charge in [-0.3, -0.25) is 4.98 Å². The molecule has 3 nitrogen and oxygen atoms in total. The van der Waals surface area contributed by atoms with E-state index < -0.39 is 11.4 Å². The fourth-order valence-electron chi connectivity index (χ4n) is 0.985. The van der Waals surface area contributed by atoms with Crippen LogP contribution in [-0.4, -0.2) is 15.6 Å². The highest BCUT2D eigenvalue weighted by molar-refractivity contribution is 7.89. The summed E-state index contributed by atoms with van der Waals surface area (Å²) in [5.41, 5.74) is 0.951.